The molecular weight excluding hydrogens is 236 g/mol. The summed E-state index contributed by atoms with van der Waals surface area (Å²) in [6.07, 6.45) is 3.19. The van der Waals surface area contributed by atoms with E-state index in [4.69, 9.17) is 5.26 Å². The van der Waals surface area contributed by atoms with E-state index in [2.05, 4.69) is 17.9 Å². The summed E-state index contributed by atoms with van der Waals surface area (Å²) in [5, 5.41) is 19.0. The topological polar surface area (TPSA) is 47.3 Å². The summed E-state index contributed by atoms with van der Waals surface area (Å²) in [7, 11) is 0. The average molecular weight is 258 g/mol. The highest BCUT2D eigenvalue weighted by atomic mass is 16.3. The van der Waals surface area contributed by atoms with E-state index < -0.39 is 6.10 Å². The van der Waals surface area contributed by atoms with Crippen molar-refractivity contribution in [3.05, 3.63) is 29.3 Å². The van der Waals surface area contributed by atoms with Gasteiger partial charge in [-0.05, 0) is 44.2 Å². The van der Waals surface area contributed by atoms with E-state index in [0.717, 1.165) is 36.7 Å². The zero-order valence-electron chi connectivity index (χ0n) is 11.8. The Hall–Kier alpha value is -1.53. The number of benzene rings is 1. The summed E-state index contributed by atoms with van der Waals surface area (Å²) >= 11 is 0. The molecule has 102 valence electrons. The molecular formula is C16H22N2O. The van der Waals surface area contributed by atoms with Crippen LogP contribution in [0.4, 0.5) is 5.69 Å². The predicted molar refractivity (Wildman–Crippen MR) is 77.0 cm³/mol. The maximum Gasteiger partial charge on any atom is 0.0992 e. The van der Waals surface area contributed by atoms with E-state index in [1.165, 1.54) is 12.8 Å². The molecule has 3 nitrogen and oxygen atoms in total. The van der Waals surface area contributed by atoms with Crippen LogP contribution in [0.5, 0.6) is 0 Å². The summed E-state index contributed by atoms with van der Waals surface area (Å²) in [5.41, 5.74) is 2.62. The molecule has 0 saturated heterocycles. The second-order valence-electron chi connectivity index (χ2n) is 5.45. The Kier molecular flexibility index (Phi) is 4.44. The van der Waals surface area contributed by atoms with Crippen molar-refractivity contribution in [2.24, 2.45) is 5.92 Å². The van der Waals surface area contributed by atoms with Crippen LogP contribution in [0.25, 0.3) is 0 Å². The molecule has 1 aliphatic rings. The van der Waals surface area contributed by atoms with Gasteiger partial charge in [-0.15, -0.1) is 0 Å². The first-order chi connectivity index (χ1) is 9.15. The molecule has 0 unspecified atom stereocenters. The van der Waals surface area contributed by atoms with E-state index >= 15 is 0 Å². The molecule has 1 aromatic rings. The van der Waals surface area contributed by atoms with Crippen LogP contribution >= 0.6 is 0 Å². The average Bonchev–Trinajstić information content (AvgIpc) is 3.21. The molecule has 0 heterocycles. The molecule has 0 aliphatic heterocycles. The minimum atomic E-state index is -0.499. The molecule has 1 fully saturated rings. The Labute approximate surface area is 115 Å². The van der Waals surface area contributed by atoms with Crippen molar-refractivity contribution in [1.29, 1.82) is 5.26 Å². The number of hydrogen-bond donors (Lipinski definition) is 1. The van der Waals surface area contributed by atoms with Gasteiger partial charge in [-0.1, -0.05) is 13.0 Å². The standard InChI is InChI=1S/C16H22N2O/c1-3-8-18(11-13-4-5-13)16-9-14(10-17)6-7-15(16)12(2)19/h6-7,9,12-13,19H,3-5,8,11H2,1-2H3/t12-/m1/s1. The predicted octanol–water partition coefficient (Wildman–Crippen LogP) is 3.24. The van der Waals surface area contributed by atoms with Gasteiger partial charge in [0, 0.05) is 24.3 Å². The summed E-state index contributed by atoms with van der Waals surface area (Å²) < 4.78 is 0. The Morgan fingerprint density at radius 1 is 1.47 bits per heavy atom. The second-order valence-corrected chi connectivity index (χ2v) is 5.45. The SMILES string of the molecule is CCCN(CC1CC1)c1cc(C#N)ccc1[C@@H](C)O. The van der Waals surface area contributed by atoms with Gasteiger partial charge in [-0.3, -0.25) is 0 Å². The number of aliphatic hydroxyl groups excluding tert-OH is 1. The van der Waals surface area contributed by atoms with Crippen LogP contribution in [0.1, 0.15) is 50.3 Å². The van der Waals surface area contributed by atoms with Crippen molar-refractivity contribution < 1.29 is 5.11 Å². The van der Waals surface area contributed by atoms with Crippen LogP contribution < -0.4 is 4.90 Å². The van der Waals surface area contributed by atoms with Crippen molar-refractivity contribution in [1.82, 2.24) is 0 Å². The van der Waals surface area contributed by atoms with Crippen LogP contribution in [0.2, 0.25) is 0 Å². The first-order valence-electron chi connectivity index (χ1n) is 7.12. The van der Waals surface area contributed by atoms with Gasteiger partial charge in [0.05, 0.1) is 17.7 Å². The van der Waals surface area contributed by atoms with Gasteiger partial charge < -0.3 is 10.0 Å². The van der Waals surface area contributed by atoms with Gasteiger partial charge >= 0.3 is 0 Å². The monoisotopic (exact) mass is 258 g/mol. The van der Waals surface area contributed by atoms with Crippen molar-refractivity contribution >= 4 is 5.69 Å². The highest BCUT2D eigenvalue weighted by Gasteiger charge is 2.25. The molecule has 0 amide bonds. The number of nitrogens with zero attached hydrogens (tertiary/aromatic N) is 2. The fourth-order valence-corrected chi connectivity index (χ4v) is 2.43. The molecule has 1 N–H and O–H groups in total. The highest BCUT2D eigenvalue weighted by Crippen LogP contribution is 2.34. The van der Waals surface area contributed by atoms with Crippen LogP contribution in [-0.4, -0.2) is 18.2 Å². The molecule has 2 rings (SSSR count). The first kappa shape index (κ1) is 13.9. The van der Waals surface area contributed by atoms with E-state index in [0.29, 0.717) is 5.56 Å². The fourth-order valence-electron chi connectivity index (χ4n) is 2.43. The first-order valence-corrected chi connectivity index (χ1v) is 7.12. The Bertz CT molecular complexity index is 472. The third-order valence-electron chi connectivity index (χ3n) is 3.62. The summed E-state index contributed by atoms with van der Waals surface area (Å²) in [5.74, 6) is 0.791. The molecule has 1 aliphatic carbocycles. The molecule has 0 bridgehead atoms. The minimum Gasteiger partial charge on any atom is -0.389 e. The van der Waals surface area contributed by atoms with Gasteiger partial charge in [-0.2, -0.15) is 5.26 Å². The maximum absolute atomic E-state index is 9.93. The lowest BCUT2D eigenvalue weighted by Crippen LogP contribution is -2.28. The number of hydrogen-bond acceptors (Lipinski definition) is 3. The lowest BCUT2D eigenvalue weighted by molar-refractivity contribution is 0.199. The van der Waals surface area contributed by atoms with E-state index in [1.807, 2.05) is 12.1 Å². The smallest absolute Gasteiger partial charge is 0.0992 e. The molecule has 0 aromatic heterocycles. The van der Waals surface area contributed by atoms with Gasteiger partial charge in [0.2, 0.25) is 0 Å². The maximum atomic E-state index is 9.93. The number of nitriles is 1. The summed E-state index contributed by atoms with van der Waals surface area (Å²) in [4.78, 5) is 2.33. The summed E-state index contributed by atoms with van der Waals surface area (Å²) in [6, 6.07) is 7.78. The molecule has 1 atom stereocenters. The lowest BCUT2D eigenvalue weighted by atomic mass is 10.0. The van der Waals surface area contributed by atoms with Crippen LogP contribution in [0, 0.1) is 17.2 Å². The largest absolute Gasteiger partial charge is 0.389 e. The number of anilines is 1. The number of rotatable bonds is 6. The van der Waals surface area contributed by atoms with Crippen molar-refractivity contribution in [2.75, 3.05) is 18.0 Å². The number of aliphatic hydroxyl groups is 1. The normalized spacial score (nSPS) is 15.9. The third-order valence-corrected chi connectivity index (χ3v) is 3.62. The lowest BCUT2D eigenvalue weighted by Gasteiger charge is -2.28. The molecule has 19 heavy (non-hydrogen) atoms. The van der Waals surface area contributed by atoms with Gasteiger partial charge in [0.1, 0.15) is 0 Å². The van der Waals surface area contributed by atoms with E-state index in [9.17, 15) is 5.11 Å². The highest BCUT2D eigenvalue weighted by molar-refractivity contribution is 5.58. The molecule has 1 saturated carbocycles. The van der Waals surface area contributed by atoms with Crippen LogP contribution in [0.3, 0.4) is 0 Å². The fraction of sp³-hybridized carbons (Fsp3) is 0.562. The van der Waals surface area contributed by atoms with Crippen molar-refractivity contribution in [3.63, 3.8) is 0 Å². The molecule has 0 spiro atoms. The van der Waals surface area contributed by atoms with Gasteiger partial charge in [0.25, 0.3) is 0 Å². The van der Waals surface area contributed by atoms with Crippen LogP contribution in [-0.2, 0) is 0 Å². The van der Waals surface area contributed by atoms with Crippen LogP contribution in [0.15, 0.2) is 18.2 Å². The zero-order valence-corrected chi connectivity index (χ0v) is 11.8. The minimum absolute atomic E-state index is 0.499. The Balaban J connectivity index is 2.33. The molecule has 0 radical (unpaired) electrons. The van der Waals surface area contributed by atoms with E-state index in [1.54, 1.807) is 13.0 Å². The van der Waals surface area contributed by atoms with Crippen molar-refractivity contribution in [3.8, 4) is 6.07 Å². The zero-order chi connectivity index (χ0) is 13.8. The van der Waals surface area contributed by atoms with Gasteiger partial charge in [-0.25, -0.2) is 0 Å². The van der Waals surface area contributed by atoms with Gasteiger partial charge in [0.15, 0.2) is 0 Å². The molecule has 1 aromatic carbocycles. The summed E-state index contributed by atoms with van der Waals surface area (Å²) in [6.45, 7) is 5.97. The Morgan fingerprint density at radius 2 is 2.21 bits per heavy atom. The van der Waals surface area contributed by atoms with E-state index in [-0.39, 0.29) is 0 Å². The molecule has 3 heteroatoms. The Morgan fingerprint density at radius 3 is 2.74 bits per heavy atom. The third kappa shape index (κ3) is 3.48. The quantitative estimate of drug-likeness (QED) is 0.852. The van der Waals surface area contributed by atoms with Crippen molar-refractivity contribution in [2.45, 2.75) is 39.2 Å². The second kappa shape index (κ2) is 6.08.